The van der Waals surface area contributed by atoms with Gasteiger partial charge >= 0.3 is 0 Å². The monoisotopic (exact) mass is 438 g/mol. The lowest BCUT2D eigenvalue weighted by Crippen LogP contribution is -2.31. The van der Waals surface area contributed by atoms with E-state index in [1.165, 1.54) is 0 Å². The van der Waals surface area contributed by atoms with Gasteiger partial charge in [-0.15, -0.1) is 5.10 Å². The van der Waals surface area contributed by atoms with E-state index in [1.807, 2.05) is 24.3 Å². The molecule has 31 heavy (non-hydrogen) atoms. The Bertz CT molecular complexity index is 1140. The van der Waals surface area contributed by atoms with Gasteiger partial charge in [0.15, 0.2) is 10.4 Å². The molecule has 1 aliphatic rings. The Morgan fingerprint density at radius 3 is 2.10 bits per heavy atom. The number of methoxy groups -OCH3 is 2. The highest BCUT2D eigenvalue weighted by Gasteiger charge is 2.25. The summed E-state index contributed by atoms with van der Waals surface area (Å²) in [5.74, 6) is 0.719. The van der Waals surface area contributed by atoms with Crippen LogP contribution in [-0.4, -0.2) is 53.2 Å². The highest BCUT2D eigenvalue weighted by atomic mass is 32.1. The number of aromatic nitrogens is 2. The van der Waals surface area contributed by atoms with Crippen molar-refractivity contribution in [3.05, 3.63) is 64.5 Å². The molecule has 0 spiro atoms. The van der Waals surface area contributed by atoms with Gasteiger partial charge in [-0.05, 0) is 72.9 Å². The highest BCUT2D eigenvalue weighted by Crippen LogP contribution is 2.17. The summed E-state index contributed by atoms with van der Waals surface area (Å²) in [5.41, 5.74) is 1.34. The molecule has 9 heteroatoms. The third-order valence-electron chi connectivity index (χ3n) is 5.00. The summed E-state index contributed by atoms with van der Waals surface area (Å²) >= 11 is 1.15. The third kappa shape index (κ3) is 4.51. The highest BCUT2D eigenvalue weighted by molar-refractivity contribution is 7.04. The molecule has 2 amide bonds. The summed E-state index contributed by atoms with van der Waals surface area (Å²) in [4.78, 5) is 31.8. The van der Waals surface area contributed by atoms with Gasteiger partial charge in [0.25, 0.3) is 11.8 Å². The SMILES string of the molecule is COc1ccc(C(=O)N=c2sn(-c3ccc(OC)cc3)nc2C(=O)N2CCCC2)cc1. The molecular weight excluding hydrogens is 416 g/mol. The topological polar surface area (TPSA) is 86.0 Å². The molecule has 1 fully saturated rings. The van der Waals surface area contributed by atoms with E-state index >= 15 is 0 Å². The van der Waals surface area contributed by atoms with Gasteiger partial charge < -0.3 is 14.4 Å². The Balaban J connectivity index is 1.74. The van der Waals surface area contributed by atoms with Crippen LogP contribution in [0.15, 0.2) is 53.5 Å². The van der Waals surface area contributed by atoms with E-state index in [1.54, 1.807) is 47.5 Å². The van der Waals surface area contributed by atoms with Crippen molar-refractivity contribution in [2.24, 2.45) is 4.99 Å². The van der Waals surface area contributed by atoms with E-state index in [0.717, 1.165) is 30.1 Å². The molecule has 0 radical (unpaired) electrons. The van der Waals surface area contributed by atoms with Crippen LogP contribution in [0.5, 0.6) is 11.5 Å². The quantitative estimate of drug-likeness (QED) is 0.611. The number of hydrogen-bond acceptors (Lipinski definition) is 6. The fourth-order valence-corrected chi connectivity index (χ4v) is 4.12. The predicted molar refractivity (Wildman–Crippen MR) is 116 cm³/mol. The van der Waals surface area contributed by atoms with Crippen LogP contribution in [-0.2, 0) is 0 Å². The number of ether oxygens (including phenoxy) is 2. The summed E-state index contributed by atoms with van der Waals surface area (Å²) in [6, 6.07) is 14.0. The first-order valence-electron chi connectivity index (χ1n) is 9.86. The zero-order valence-corrected chi connectivity index (χ0v) is 18.1. The van der Waals surface area contributed by atoms with Gasteiger partial charge in [0.1, 0.15) is 11.5 Å². The van der Waals surface area contributed by atoms with E-state index in [2.05, 4.69) is 10.1 Å². The van der Waals surface area contributed by atoms with Gasteiger partial charge in [-0.2, -0.15) is 9.06 Å². The standard InChI is InChI=1S/C22H22N4O4S/c1-29-17-9-5-15(6-10-17)20(27)23-21-19(22(28)25-13-3-4-14-25)24-26(31-21)16-7-11-18(30-2)12-8-16/h5-12H,3-4,13-14H2,1-2H3. The maximum absolute atomic E-state index is 13.1. The lowest BCUT2D eigenvalue weighted by Gasteiger charge is -2.12. The molecule has 0 atom stereocenters. The van der Waals surface area contributed by atoms with Crippen molar-refractivity contribution in [2.75, 3.05) is 27.3 Å². The number of amides is 2. The largest absolute Gasteiger partial charge is 0.497 e. The van der Waals surface area contributed by atoms with Crippen molar-refractivity contribution >= 4 is 23.3 Å². The van der Waals surface area contributed by atoms with Crippen molar-refractivity contribution in [3.8, 4) is 17.2 Å². The van der Waals surface area contributed by atoms with Crippen LogP contribution in [0.2, 0.25) is 0 Å². The minimum absolute atomic E-state index is 0.185. The predicted octanol–water partition coefficient (Wildman–Crippen LogP) is 2.93. The van der Waals surface area contributed by atoms with E-state index in [4.69, 9.17) is 9.47 Å². The zero-order valence-electron chi connectivity index (χ0n) is 17.3. The summed E-state index contributed by atoms with van der Waals surface area (Å²) in [6.07, 6.45) is 1.93. The van der Waals surface area contributed by atoms with E-state index < -0.39 is 5.91 Å². The number of hydrogen-bond donors (Lipinski definition) is 0. The second-order valence-corrected chi connectivity index (χ2v) is 7.88. The van der Waals surface area contributed by atoms with Crippen LogP contribution < -0.4 is 14.1 Å². The molecule has 1 saturated heterocycles. The van der Waals surface area contributed by atoms with Crippen molar-refractivity contribution in [2.45, 2.75) is 12.8 Å². The van der Waals surface area contributed by atoms with Crippen LogP contribution in [0.4, 0.5) is 0 Å². The first-order valence-corrected chi connectivity index (χ1v) is 10.6. The van der Waals surface area contributed by atoms with Gasteiger partial charge in [0.05, 0.1) is 19.9 Å². The molecule has 2 aromatic carbocycles. The molecule has 0 N–H and O–H groups in total. The molecule has 4 rings (SSSR count). The number of nitrogens with zero attached hydrogens (tertiary/aromatic N) is 4. The molecule has 0 aliphatic carbocycles. The van der Waals surface area contributed by atoms with Gasteiger partial charge in [-0.1, -0.05) is 0 Å². The van der Waals surface area contributed by atoms with Gasteiger partial charge in [0, 0.05) is 18.7 Å². The summed E-state index contributed by atoms with van der Waals surface area (Å²) < 4.78 is 12.2. The summed E-state index contributed by atoms with van der Waals surface area (Å²) in [6.45, 7) is 1.37. The number of likely N-dealkylation sites (tertiary alicyclic amines) is 1. The molecule has 8 nitrogen and oxygen atoms in total. The minimum Gasteiger partial charge on any atom is -0.497 e. The van der Waals surface area contributed by atoms with Gasteiger partial charge in [-0.3, -0.25) is 9.59 Å². The lowest BCUT2D eigenvalue weighted by molar-refractivity contribution is 0.0785. The molecular formula is C22H22N4O4S. The maximum Gasteiger partial charge on any atom is 0.278 e. The second-order valence-electron chi connectivity index (χ2n) is 6.96. The fourth-order valence-electron chi connectivity index (χ4n) is 3.27. The number of carbonyl (C=O) groups is 2. The normalized spacial score (nSPS) is 14.0. The van der Waals surface area contributed by atoms with Crippen LogP contribution >= 0.6 is 11.5 Å². The Morgan fingerprint density at radius 1 is 0.935 bits per heavy atom. The van der Waals surface area contributed by atoms with Crippen LogP contribution in [0.3, 0.4) is 0 Å². The Kier molecular flexibility index (Phi) is 6.13. The Morgan fingerprint density at radius 2 is 1.52 bits per heavy atom. The molecule has 0 unspecified atom stereocenters. The number of carbonyl (C=O) groups excluding carboxylic acids is 2. The molecule has 0 saturated carbocycles. The lowest BCUT2D eigenvalue weighted by atomic mass is 10.2. The average molecular weight is 439 g/mol. The summed E-state index contributed by atoms with van der Waals surface area (Å²) in [7, 11) is 3.16. The molecule has 160 valence electrons. The van der Waals surface area contributed by atoms with E-state index in [9.17, 15) is 9.59 Å². The Hall–Kier alpha value is -3.46. The van der Waals surface area contributed by atoms with E-state index in [-0.39, 0.29) is 16.3 Å². The smallest absolute Gasteiger partial charge is 0.278 e. The second kappa shape index (κ2) is 9.13. The van der Waals surface area contributed by atoms with Crippen molar-refractivity contribution in [1.29, 1.82) is 0 Å². The maximum atomic E-state index is 13.1. The van der Waals surface area contributed by atoms with Crippen LogP contribution in [0, 0.1) is 0 Å². The fraction of sp³-hybridized carbons (Fsp3) is 0.273. The van der Waals surface area contributed by atoms with Gasteiger partial charge in [0.2, 0.25) is 0 Å². The molecule has 3 aromatic rings. The van der Waals surface area contributed by atoms with Crippen LogP contribution in [0.25, 0.3) is 5.69 Å². The average Bonchev–Trinajstić information content (AvgIpc) is 3.49. The Labute approximate surface area is 183 Å². The molecule has 0 bridgehead atoms. The zero-order chi connectivity index (χ0) is 21.8. The van der Waals surface area contributed by atoms with Crippen LogP contribution in [0.1, 0.15) is 33.7 Å². The molecule has 1 aliphatic heterocycles. The first-order chi connectivity index (χ1) is 15.1. The summed E-state index contributed by atoms with van der Waals surface area (Å²) in [5, 5.41) is 4.49. The number of benzene rings is 2. The minimum atomic E-state index is -0.441. The number of rotatable bonds is 5. The van der Waals surface area contributed by atoms with Crippen molar-refractivity contribution in [1.82, 2.24) is 14.1 Å². The first kappa shape index (κ1) is 20.8. The third-order valence-corrected chi connectivity index (χ3v) is 5.92. The molecule has 2 heterocycles. The van der Waals surface area contributed by atoms with Crippen molar-refractivity contribution < 1.29 is 19.1 Å². The molecule has 1 aromatic heterocycles. The van der Waals surface area contributed by atoms with Gasteiger partial charge in [-0.25, -0.2) is 0 Å². The van der Waals surface area contributed by atoms with Crippen molar-refractivity contribution in [3.63, 3.8) is 0 Å². The van der Waals surface area contributed by atoms with E-state index in [0.29, 0.717) is 30.2 Å².